The van der Waals surface area contributed by atoms with E-state index in [0.717, 1.165) is 6.42 Å². The summed E-state index contributed by atoms with van der Waals surface area (Å²) in [7, 11) is 1.71. The van der Waals surface area contributed by atoms with Crippen LogP contribution in [0.5, 0.6) is 0 Å². The summed E-state index contributed by atoms with van der Waals surface area (Å²) in [5.74, 6) is 0.587. The van der Waals surface area contributed by atoms with Crippen LogP contribution in [0, 0.1) is 5.82 Å². The number of rotatable bonds is 7. The fourth-order valence-corrected chi connectivity index (χ4v) is 3.09. The minimum atomic E-state index is -0.323. The molecule has 0 amide bonds. The molecule has 4 nitrogen and oxygen atoms in total. The number of benzene rings is 2. The Morgan fingerprint density at radius 2 is 1.66 bits per heavy atom. The molecule has 1 heterocycles. The Bertz CT molecular complexity index is 888. The van der Waals surface area contributed by atoms with E-state index in [1.807, 2.05) is 12.1 Å². The fraction of sp³-hybridized carbons (Fsp3) is 0.217. The van der Waals surface area contributed by atoms with Crippen LogP contribution in [0.15, 0.2) is 84.0 Å². The van der Waals surface area contributed by atoms with E-state index in [-0.39, 0.29) is 42.3 Å². The van der Waals surface area contributed by atoms with Gasteiger partial charge >= 0.3 is 0 Å². The van der Waals surface area contributed by atoms with Crippen molar-refractivity contribution in [1.82, 2.24) is 15.6 Å². The number of aliphatic imine (C=N–C) groups is 1. The van der Waals surface area contributed by atoms with Gasteiger partial charge in [0.05, 0.1) is 12.2 Å². The molecule has 29 heavy (non-hydrogen) atoms. The van der Waals surface area contributed by atoms with E-state index in [1.165, 1.54) is 17.2 Å². The van der Waals surface area contributed by atoms with Gasteiger partial charge in [0.2, 0.25) is 0 Å². The zero-order valence-corrected chi connectivity index (χ0v) is 18.7. The molecule has 0 aliphatic rings. The summed E-state index contributed by atoms with van der Waals surface area (Å²) in [4.78, 5) is 8.31. The van der Waals surface area contributed by atoms with Crippen molar-refractivity contribution in [3.8, 4) is 0 Å². The Labute approximate surface area is 188 Å². The van der Waals surface area contributed by atoms with Gasteiger partial charge in [0.15, 0.2) is 5.96 Å². The van der Waals surface area contributed by atoms with Gasteiger partial charge in [-0.05, 0) is 29.7 Å². The maximum atomic E-state index is 13.8. The van der Waals surface area contributed by atoms with E-state index in [0.29, 0.717) is 18.2 Å². The third-order valence-corrected chi connectivity index (χ3v) is 4.59. The Hall–Kier alpha value is -2.48. The van der Waals surface area contributed by atoms with Gasteiger partial charge in [-0.1, -0.05) is 60.7 Å². The molecule has 2 aromatic carbocycles. The third-order valence-electron chi connectivity index (χ3n) is 4.59. The second-order valence-electron chi connectivity index (χ2n) is 6.54. The number of guanidine groups is 1. The molecule has 3 aromatic rings. The monoisotopic (exact) mass is 504 g/mol. The summed E-state index contributed by atoms with van der Waals surface area (Å²) in [6.45, 7) is 0.990. The lowest BCUT2D eigenvalue weighted by Crippen LogP contribution is -2.39. The Kier molecular flexibility index (Phi) is 9.56. The normalized spacial score (nSPS) is 12.0. The second kappa shape index (κ2) is 12.2. The third kappa shape index (κ3) is 7.12. The van der Waals surface area contributed by atoms with Gasteiger partial charge in [-0.3, -0.25) is 9.98 Å². The van der Waals surface area contributed by atoms with E-state index >= 15 is 0 Å². The van der Waals surface area contributed by atoms with Crippen LogP contribution < -0.4 is 10.6 Å². The lowest BCUT2D eigenvalue weighted by atomic mass is 9.92. The predicted octanol–water partition coefficient (Wildman–Crippen LogP) is 4.53. The predicted molar refractivity (Wildman–Crippen MR) is 127 cm³/mol. The highest BCUT2D eigenvalue weighted by Gasteiger charge is 2.13. The molecule has 2 N–H and O–H groups in total. The van der Waals surface area contributed by atoms with Gasteiger partial charge in [-0.15, -0.1) is 24.0 Å². The first-order valence-electron chi connectivity index (χ1n) is 9.39. The first kappa shape index (κ1) is 22.8. The summed E-state index contributed by atoms with van der Waals surface area (Å²) >= 11 is 0. The molecule has 152 valence electrons. The summed E-state index contributed by atoms with van der Waals surface area (Å²) in [5, 5.41) is 6.50. The van der Waals surface area contributed by atoms with Crippen molar-refractivity contribution in [1.29, 1.82) is 0 Å². The number of hydrogen-bond donors (Lipinski definition) is 2. The molecule has 0 spiro atoms. The van der Waals surface area contributed by atoms with Crippen molar-refractivity contribution in [2.24, 2.45) is 4.99 Å². The molecule has 0 fully saturated rings. The van der Waals surface area contributed by atoms with Crippen molar-refractivity contribution in [3.63, 3.8) is 0 Å². The molecule has 0 aliphatic heterocycles. The molecule has 6 heteroatoms. The highest BCUT2D eigenvalue weighted by molar-refractivity contribution is 14.0. The van der Waals surface area contributed by atoms with E-state index in [9.17, 15) is 4.39 Å². The molecule has 0 saturated heterocycles. The van der Waals surface area contributed by atoms with Crippen LogP contribution in [0.2, 0.25) is 0 Å². The zero-order chi connectivity index (χ0) is 19.6. The minimum absolute atomic E-state index is 0. The van der Waals surface area contributed by atoms with E-state index in [1.54, 1.807) is 19.3 Å². The quantitative estimate of drug-likeness (QED) is 0.283. The van der Waals surface area contributed by atoms with Gasteiger partial charge in [0, 0.05) is 25.7 Å². The zero-order valence-electron chi connectivity index (χ0n) is 16.4. The van der Waals surface area contributed by atoms with E-state index in [4.69, 9.17) is 0 Å². The number of nitrogens with one attached hydrogen (secondary N) is 2. The fourth-order valence-electron chi connectivity index (χ4n) is 3.09. The average molecular weight is 504 g/mol. The summed E-state index contributed by atoms with van der Waals surface area (Å²) in [6, 6.07) is 23.9. The Morgan fingerprint density at radius 1 is 0.966 bits per heavy atom. The van der Waals surface area contributed by atoms with Crippen molar-refractivity contribution in [3.05, 3.63) is 102 Å². The SMILES string of the molecule is CN=C(NCc1ncccc1F)NCC(Cc1ccccc1)c1ccccc1.I. The molecule has 1 unspecified atom stereocenters. The second-order valence-corrected chi connectivity index (χ2v) is 6.54. The first-order chi connectivity index (χ1) is 13.8. The van der Waals surface area contributed by atoms with Crippen molar-refractivity contribution in [2.75, 3.05) is 13.6 Å². The molecule has 3 rings (SSSR count). The number of aromatic nitrogens is 1. The average Bonchev–Trinajstić information content (AvgIpc) is 2.75. The molecular formula is C23H26FIN4. The number of halogens is 2. The van der Waals surface area contributed by atoms with Gasteiger partial charge < -0.3 is 10.6 Å². The van der Waals surface area contributed by atoms with Gasteiger partial charge in [0.25, 0.3) is 0 Å². The number of pyridine rings is 1. The van der Waals surface area contributed by atoms with Crippen LogP contribution in [-0.2, 0) is 13.0 Å². The van der Waals surface area contributed by atoms with Crippen molar-refractivity contribution < 1.29 is 4.39 Å². The van der Waals surface area contributed by atoms with E-state index < -0.39 is 0 Å². The van der Waals surface area contributed by atoms with Crippen LogP contribution in [-0.4, -0.2) is 24.5 Å². The van der Waals surface area contributed by atoms with Gasteiger partial charge in [-0.25, -0.2) is 4.39 Å². The number of hydrogen-bond acceptors (Lipinski definition) is 2. The summed E-state index contributed by atoms with van der Waals surface area (Å²) in [6.07, 6.45) is 2.51. The smallest absolute Gasteiger partial charge is 0.191 e. The van der Waals surface area contributed by atoms with Crippen LogP contribution in [0.4, 0.5) is 4.39 Å². The van der Waals surface area contributed by atoms with E-state index in [2.05, 4.69) is 69.1 Å². The summed E-state index contributed by atoms with van der Waals surface area (Å²) in [5.41, 5.74) is 2.93. The lowest BCUT2D eigenvalue weighted by molar-refractivity contribution is 0.590. The maximum Gasteiger partial charge on any atom is 0.191 e. The molecule has 1 atom stereocenters. The molecule has 0 aliphatic carbocycles. The van der Waals surface area contributed by atoms with Gasteiger partial charge in [0.1, 0.15) is 5.82 Å². The summed E-state index contributed by atoms with van der Waals surface area (Å²) < 4.78 is 13.8. The van der Waals surface area contributed by atoms with Crippen LogP contribution in [0.25, 0.3) is 0 Å². The lowest BCUT2D eigenvalue weighted by Gasteiger charge is -2.20. The standard InChI is InChI=1S/C23H25FN4.HI/c1-25-23(28-17-22-21(24)13-8-14-26-22)27-16-20(19-11-6-3-7-12-19)15-18-9-4-2-5-10-18;/h2-14,20H,15-17H2,1H3,(H2,25,27,28);1H. The van der Waals surface area contributed by atoms with Crippen LogP contribution in [0.1, 0.15) is 22.7 Å². The molecule has 0 bridgehead atoms. The minimum Gasteiger partial charge on any atom is -0.356 e. The Balaban J connectivity index is 0.00000300. The first-order valence-corrected chi connectivity index (χ1v) is 9.39. The topological polar surface area (TPSA) is 49.3 Å². The van der Waals surface area contributed by atoms with Gasteiger partial charge in [-0.2, -0.15) is 0 Å². The molecular weight excluding hydrogens is 478 g/mol. The van der Waals surface area contributed by atoms with Crippen LogP contribution >= 0.6 is 24.0 Å². The Morgan fingerprint density at radius 3 is 2.31 bits per heavy atom. The molecule has 1 aromatic heterocycles. The number of nitrogens with zero attached hydrogens (tertiary/aromatic N) is 2. The largest absolute Gasteiger partial charge is 0.356 e. The van der Waals surface area contributed by atoms with Crippen molar-refractivity contribution >= 4 is 29.9 Å². The highest BCUT2D eigenvalue weighted by atomic mass is 127. The maximum absolute atomic E-state index is 13.8. The molecule has 0 saturated carbocycles. The molecule has 0 radical (unpaired) electrons. The van der Waals surface area contributed by atoms with Crippen LogP contribution in [0.3, 0.4) is 0 Å². The highest BCUT2D eigenvalue weighted by Crippen LogP contribution is 2.20. The van der Waals surface area contributed by atoms with Crippen molar-refractivity contribution in [2.45, 2.75) is 18.9 Å².